The number of aliphatic hydroxyl groups is 1. The average molecular weight is 175 g/mol. The van der Waals surface area contributed by atoms with Crippen molar-refractivity contribution in [2.24, 2.45) is 0 Å². The molecule has 0 aromatic heterocycles. The molecule has 1 rings (SSSR count). The number of nitrogens with one attached hydrogen (secondary N) is 1. The van der Waals surface area contributed by atoms with E-state index in [1.807, 2.05) is 0 Å². The fraction of sp³-hybridized carbons (Fsp3) is 0.857. The van der Waals surface area contributed by atoms with Crippen molar-refractivity contribution in [3.63, 3.8) is 0 Å². The highest BCUT2D eigenvalue weighted by atomic mass is 16.8. The Morgan fingerprint density at radius 2 is 2.08 bits per heavy atom. The zero-order valence-corrected chi connectivity index (χ0v) is 7.00. The molecule has 0 aromatic carbocycles. The van der Waals surface area contributed by atoms with E-state index in [9.17, 15) is 9.90 Å². The lowest BCUT2D eigenvalue weighted by Gasteiger charge is -2.30. The van der Waals surface area contributed by atoms with Crippen LogP contribution >= 0.6 is 0 Å². The Kier molecular flexibility index (Phi) is 2.88. The van der Waals surface area contributed by atoms with Crippen LogP contribution in [0.5, 0.6) is 0 Å². The number of piperidine rings is 1. The Balaban J connectivity index is 2.41. The van der Waals surface area contributed by atoms with Gasteiger partial charge in [0.25, 0.3) is 0 Å². The first-order chi connectivity index (χ1) is 5.66. The quantitative estimate of drug-likeness (QED) is 0.428. The van der Waals surface area contributed by atoms with Crippen molar-refractivity contribution in [2.45, 2.75) is 18.6 Å². The maximum Gasteiger partial charge on any atom is 0.510 e. The molecule has 5 heteroatoms. The van der Waals surface area contributed by atoms with E-state index >= 15 is 0 Å². The van der Waals surface area contributed by atoms with Gasteiger partial charge < -0.3 is 19.9 Å². The molecule has 1 saturated heterocycles. The minimum atomic E-state index is -1.33. The monoisotopic (exact) mass is 175 g/mol. The summed E-state index contributed by atoms with van der Waals surface area (Å²) in [5.41, 5.74) is 0. The topological polar surface area (TPSA) is 67.8 Å². The summed E-state index contributed by atoms with van der Waals surface area (Å²) < 4.78 is 8.96. The summed E-state index contributed by atoms with van der Waals surface area (Å²) in [7, 11) is 1.22. The maximum absolute atomic E-state index is 10.7. The minimum Gasteiger partial charge on any atom is -0.438 e. The highest BCUT2D eigenvalue weighted by molar-refractivity contribution is 5.60. The zero-order chi connectivity index (χ0) is 9.03. The second-order valence-electron chi connectivity index (χ2n) is 2.75. The van der Waals surface area contributed by atoms with Gasteiger partial charge in [0.2, 0.25) is 5.79 Å². The molecule has 70 valence electrons. The molecule has 0 aliphatic carbocycles. The number of hydrogen-bond donors (Lipinski definition) is 2. The minimum absolute atomic E-state index is 0.405. The fourth-order valence-electron chi connectivity index (χ4n) is 1.12. The summed E-state index contributed by atoms with van der Waals surface area (Å²) in [4.78, 5) is 10.7. The van der Waals surface area contributed by atoms with Crippen molar-refractivity contribution < 1.29 is 19.4 Å². The zero-order valence-electron chi connectivity index (χ0n) is 7.00. The van der Waals surface area contributed by atoms with Crippen LogP contribution in [0.15, 0.2) is 0 Å². The lowest BCUT2D eigenvalue weighted by Crippen LogP contribution is -2.45. The third kappa shape index (κ3) is 2.35. The van der Waals surface area contributed by atoms with E-state index in [2.05, 4.69) is 14.8 Å². The number of methoxy groups -OCH3 is 1. The summed E-state index contributed by atoms with van der Waals surface area (Å²) in [5.74, 6) is -1.33. The second-order valence-corrected chi connectivity index (χ2v) is 2.75. The highest BCUT2D eigenvalue weighted by Gasteiger charge is 2.33. The third-order valence-electron chi connectivity index (χ3n) is 1.82. The van der Waals surface area contributed by atoms with Gasteiger partial charge >= 0.3 is 6.16 Å². The van der Waals surface area contributed by atoms with Crippen LogP contribution in [-0.4, -0.2) is 37.2 Å². The van der Waals surface area contributed by atoms with Crippen molar-refractivity contribution in [1.29, 1.82) is 0 Å². The molecular formula is C7H13NO4. The van der Waals surface area contributed by atoms with Crippen LogP contribution in [0.25, 0.3) is 0 Å². The fourth-order valence-corrected chi connectivity index (χ4v) is 1.12. The number of rotatable bonds is 1. The molecule has 0 atom stereocenters. The molecule has 1 heterocycles. The van der Waals surface area contributed by atoms with Crippen LogP contribution < -0.4 is 5.32 Å². The molecule has 0 spiro atoms. The van der Waals surface area contributed by atoms with Gasteiger partial charge in [-0.05, 0) is 0 Å². The van der Waals surface area contributed by atoms with Crippen molar-refractivity contribution >= 4 is 6.16 Å². The lowest BCUT2D eigenvalue weighted by atomic mass is 10.1. The SMILES string of the molecule is COC(=O)OC1(O)CCNCC1. The standard InChI is InChI=1S/C7H13NO4/c1-11-6(9)12-7(10)2-4-8-5-3-7/h8,10H,2-5H2,1H3. The Morgan fingerprint density at radius 1 is 1.50 bits per heavy atom. The Hall–Kier alpha value is -0.810. The molecule has 1 fully saturated rings. The van der Waals surface area contributed by atoms with Gasteiger partial charge in [-0.3, -0.25) is 0 Å². The van der Waals surface area contributed by atoms with E-state index in [1.54, 1.807) is 0 Å². The van der Waals surface area contributed by atoms with E-state index in [0.29, 0.717) is 25.9 Å². The normalized spacial score (nSPS) is 21.5. The van der Waals surface area contributed by atoms with Crippen LogP contribution in [0.1, 0.15) is 12.8 Å². The molecule has 0 saturated carbocycles. The van der Waals surface area contributed by atoms with Crippen molar-refractivity contribution in [2.75, 3.05) is 20.2 Å². The Morgan fingerprint density at radius 3 is 2.58 bits per heavy atom. The molecule has 0 bridgehead atoms. The molecule has 2 N–H and O–H groups in total. The van der Waals surface area contributed by atoms with E-state index in [1.165, 1.54) is 7.11 Å². The second kappa shape index (κ2) is 3.73. The Bertz CT molecular complexity index is 165. The maximum atomic E-state index is 10.7. The number of hydrogen-bond acceptors (Lipinski definition) is 5. The van der Waals surface area contributed by atoms with Gasteiger partial charge in [-0.1, -0.05) is 0 Å². The van der Waals surface area contributed by atoms with Crippen LogP contribution in [0.2, 0.25) is 0 Å². The van der Waals surface area contributed by atoms with Gasteiger partial charge in [-0.15, -0.1) is 0 Å². The van der Waals surface area contributed by atoms with Gasteiger partial charge in [-0.25, -0.2) is 4.79 Å². The van der Waals surface area contributed by atoms with E-state index in [0.717, 1.165) is 0 Å². The summed E-state index contributed by atoms with van der Waals surface area (Å²) in [6, 6.07) is 0. The van der Waals surface area contributed by atoms with Crippen LogP contribution in [0.4, 0.5) is 4.79 Å². The summed E-state index contributed by atoms with van der Waals surface area (Å²) in [6.45, 7) is 1.29. The lowest BCUT2D eigenvalue weighted by molar-refractivity contribution is -0.188. The Labute approximate surface area is 70.7 Å². The van der Waals surface area contributed by atoms with Crippen LogP contribution in [0.3, 0.4) is 0 Å². The molecule has 5 nitrogen and oxygen atoms in total. The molecule has 0 radical (unpaired) electrons. The summed E-state index contributed by atoms with van der Waals surface area (Å²) >= 11 is 0. The highest BCUT2D eigenvalue weighted by Crippen LogP contribution is 2.19. The number of carbonyl (C=O) groups is 1. The van der Waals surface area contributed by atoms with Gasteiger partial charge in [0.15, 0.2) is 0 Å². The van der Waals surface area contributed by atoms with Crippen molar-refractivity contribution in [3.05, 3.63) is 0 Å². The van der Waals surface area contributed by atoms with Crippen molar-refractivity contribution in [1.82, 2.24) is 5.32 Å². The molecule has 12 heavy (non-hydrogen) atoms. The molecule has 1 aliphatic rings. The smallest absolute Gasteiger partial charge is 0.438 e. The predicted molar refractivity (Wildman–Crippen MR) is 40.5 cm³/mol. The van der Waals surface area contributed by atoms with Gasteiger partial charge in [-0.2, -0.15) is 0 Å². The molecule has 0 amide bonds. The molecule has 0 unspecified atom stereocenters. The number of carbonyl (C=O) groups excluding carboxylic acids is 1. The largest absolute Gasteiger partial charge is 0.510 e. The van der Waals surface area contributed by atoms with E-state index < -0.39 is 11.9 Å². The first-order valence-corrected chi connectivity index (χ1v) is 3.86. The third-order valence-corrected chi connectivity index (χ3v) is 1.82. The first kappa shape index (κ1) is 9.28. The van der Waals surface area contributed by atoms with E-state index in [-0.39, 0.29) is 0 Å². The molecule has 1 aliphatic heterocycles. The van der Waals surface area contributed by atoms with E-state index in [4.69, 9.17) is 0 Å². The molecule has 0 aromatic rings. The van der Waals surface area contributed by atoms with Crippen molar-refractivity contribution in [3.8, 4) is 0 Å². The first-order valence-electron chi connectivity index (χ1n) is 3.86. The summed E-state index contributed by atoms with van der Waals surface area (Å²) in [6.07, 6.45) is -0.0242. The summed E-state index contributed by atoms with van der Waals surface area (Å²) in [5, 5.41) is 12.6. The molecular weight excluding hydrogens is 162 g/mol. The van der Waals surface area contributed by atoms with Crippen LogP contribution in [-0.2, 0) is 9.47 Å². The van der Waals surface area contributed by atoms with Gasteiger partial charge in [0, 0.05) is 25.9 Å². The predicted octanol–water partition coefficient (Wildman–Crippen LogP) is -0.159. The van der Waals surface area contributed by atoms with Gasteiger partial charge in [0.1, 0.15) is 0 Å². The van der Waals surface area contributed by atoms with Crippen LogP contribution in [0, 0.1) is 0 Å². The number of ether oxygens (including phenoxy) is 2. The van der Waals surface area contributed by atoms with Gasteiger partial charge in [0.05, 0.1) is 7.11 Å². The average Bonchev–Trinajstić information content (AvgIpc) is 2.05.